The van der Waals surface area contributed by atoms with E-state index in [1.54, 1.807) is 11.4 Å². The van der Waals surface area contributed by atoms with E-state index in [-0.39, 0.29) is 11.5 Å². The molecule has 0 aliphatic heterocycles. The van der Waals surface area contributed by atoms with Crippen LogP contribution in [-0.4, -0.2) is 10.2 Å². The Morgan fingerprint density at radius 3 is 2.75 bits per heavy atom. The maximum Gasteiger partial charge on any atom is 0.167 e. The van der Waals surface area contributed by atoms with E-state index in [0.717, 1.165) is 4.70 Å². The first-order chi connectivity index (χ1) is 5.70. The molecule has 0 bridgehead atoms. The van der Waals surface area contributed by atoms with Crippen LogP contribution in [-0.2, 0) is 0 Å². The van der Waals surface area contributed by atoms with Gasteiger partial charge in [-0.15, -0.1) is 11.3 Å². The molecule has 0 spiro atoms. The summed E-state index contributed by atoms with van der Waals surface area (Å²) in [5.74, 6) is -0.276. The van der Waals surface area contributed by atoms with Crippen molar-refractivity contribution in [1.29, 1.82) is 0 Å². The van der Waals surface area contributed by atoms with Crippen molar-refractivity contribution in [2.45, 2.75) is 0 Å². The Balaban J connectivity index is 2.96. The van der Waals surface area contributed by atoms with E-state index < -0.39 is 0 Å². The molecule has 2 aromatic rings. The summed E-state index contributed by atoms with van der Waals surface area (Å²) >= 11 is 7.22. The Bertz CT molecular complexity index is 436. The maximum atomic E-state index is 9.40. The zero-order chi connectivity index (χ0) is 8.72. The summed E-state index contributed by atoms with van der Waals surface area (Å²) in [5.41, 5.74) is 0. The van der Waals surface area contributed by atoms with Crippen LogP contribution in [0.5, 0.6) is 11.5 Å². The monoisotopic (exact) mass is 200 g/mol. The molecule has 0 fully saturated rings. The van der Waals surface area contributed by atoms with E-state index in [0.29, 0.717) is 10.4 Å². The molecule has 1 aromatic heterocycles. The molecule has 0 saturated carbocycles. The number of benzene rings is 1. The predicted octanol–water partition coefficient (Wildman–Crippen LogP) is 2.97. The average molecular weight is 201 g/mol. The second-order valence-corrected chi connectivity index (χ2v) is 3.71. The summed E-state index contributed by atoms with van der Waals surface area (Å²) in [6, 6.07) is 3.17. The second kappa shape index (κ2) is 2.54. The first-order valence-corrected chi connectivity index (χ1v) is 4.53. The normalized spacial score (nSPS) is 10.8. The van der Waals surface area contributed by atoms with Gasteiger partial charge in [-0.05, 0) is 12.1 Å². The van der Waals surface area contributed by atoms with Crippen LogP contribution in [0.1, 0.15) is 0 Å². The number of phenolic OH excluding ortho intramolecular Hbond substituents is 2. The fourth-order valence-corrected chi connectivity index (χ4v) is 2.27. The van der Waals surface area contributed by atoms with Crippen molar-refractivity contribution < 1.29 is 10.2 Å². The Morgan fingerprint density at radius 2 is 2.00 bits per heavy atom. The number of thiophene rings is 1. The number of aromatic hydroxyl groups is 2. The molecule has 0 aliphatic carbocycles. The largest absolute Gasteiger partial charge is 0.504 e. The molecule has 2 N–H and O–H groups in total. The summed E-state index contributed by atoms with van der Waals surface area (Å²) < 4.78 is 0.871. The molecule has 0 saturated heterocycles. The highest BCUT2D eigenvalue weighted by Crippen LogP contribution is 2.40. The van der Waals surface area contributed by atoms with Gasteiger partial charge in [0, 0.05) is 10.1 Å². The summed E-state index contributed by atoms with van der Waals surface area (Å²) in [4.78, 5) is 0. The molecule has 12 heavy (non-hydrogen) atoms. The van der Waals surface area contributed by atoms with Crippen molar-refractivity contribution in [3.05, 3.63) is 22.5 Å². The van der Waals surface area contributed by atoms with Crippen LogP contribution in [0, 0.1) is 0 Å². The predicted molar refractivity (Wildman–Crippen MR) is 50.2 cm³/mol. The number of rotatable bonds is 0. The molecule has 0 unspecified atom stereocenters. The van der Waals surface area contributed by atoms with Gasteiger partial charge in [-0.2, -0.15) is 0 Å². The average Bonchev–Trinajstić information content (AvgIpc) is 2.41. The Morgan fingerprint density at radius 1 is 1.25 bits per heavy atom. The summed E-state index contributed by atoms with van der Waals surface area (Å²) in [7, 11) is 0. The number of halogens is 1. The van der Waals surface area contributed by atoms with Gasteiger partial charge in [0.2, 0.25) is 0 Å². The van der Waals surface area contributed by atoms with E-state index in [1.807, 2.05) is 0 Å². The van der Waals surface area contributed by atoms with Crippen molar-refractivity contribution in [3.8, 4) is 11.5 Å². The Labute approximate surface area is 77.6 Å². The number of fused-ring (bicyclic) bond motifs is 1. The van der Waals surface area contributed by atoms with Crippen LogP contribution in [0.2, 0.25) is 5.02 Å². The third-order valence-electron chi connectivity index (χ3n) is 1.65. The van der Waals surface area contributed by atoms with Crippen LogP contribution in [0.25, 0.3) is 10.1 Å². The molecule has 0 radical (unpaired) electrons. The summed E-state index contributed by atoms with van der Waals surface area (Å²) in [6.07, 6.45) is 0. The first-order valence-electron chi connectivity index (χ1n) is 3.28. The smallest absolute Gasteiger partial charge is 0.167 e. The molecule has 0 aliphatic rings. The zero-order valence-corrected chi connectivity index (χ0v) is 7.49. The number of hydrogen-bond acceptors (Lipinski definition) is 3. The van der Waals surface area contributed by atoms with Gasteiger partial charge in [-0.3, -0.25) is 0 Å². The fraction of sp³-hybridized carbons (Fsp3) is 0. The standard InChI is InChI=1S/C8H5ClO2S/c9-4-3-12-6-2-1-5(10)8(11)7(4)6/h1-3,10-11H. The molecule has 0 atom stereocenters. The third-order valence-corrected chi connectivity index (χ3v) is 3.02. The topological polar surface area (TPSA) is 40.5 Å². The van der Waals surface area contributed by atoms with Crippen molar-refractivity contribution in [3.63, 3.8) is 0 Å². The Kier molecular flexibility index (Phi) is 1.63. The van der Waals surface area contributed by atoms with Crippen LogP contribution in [0.3, 0.4) is 0 Å². The summed E-state index contributed by atoms with van der Waals surface area (Å²) in [5, 5.41) is 21.3. The van der Waals surface area contributed by atoms with E-state index in [2.05, 4.69) is 0 Å². The quantitative estimate of drug-likeness (QED) is 0.642. The van der Waals surface area contributed by atoms with E-state index in [9.17, 15) is 5.11 Å². The molecular formula is C8H5ClO2S. The van der Waals surface area contributed by atoms with Crippen molar-refractivity contribution in [2.75, 3.05) is 0 Å². The Hall–Kier alpha value is -0.930. The van der Waals surface area contributed by atoms with E-state index >= 15 is 0 Å². The van der Waals surface area contributed by atoms with Crippen molar-refractivity contribution in [1.82, 2.24) is 0 Å². The van der Waals surface area contributed by atoms with Gasteiger partial charge < -0.3 is 10.2 Å². The van der Waals surface area contributed by atoms with Gasteiger partial charge in [0.25, 0.3) is 0 Å². The lowest BCUT2D eigenvalue weighted by Crippen LogP contribution is -1.69. The highest BCUT2D eigenvalue weighted by Gasteiger charge is 2.09. The lowest BCUT2D eigenvalue weighted by molar-refractivity contribution is 0.408. The fourth-order valence-electron chi connectivity index (χ4n) is 1.06. The lowest BCUT2D eigenvalue weighted by atomic mass is 10.2. The lowest BCUT2D eigenvalue weighted by Gasteiger charge is -1.98. The van der Waals surface area contributed by atoms with Gasteiger partial charge in [0.05, 0.1) is 10.4 Å². The van der Waals surface area contributed by atoms with E-state index in [1.165, 1.54) is 17.4 Å². The highest BCUT2D eigenvalue weighted by molar-refractivity contribution is 7.17. The van der Waals surface area contributed by atoms with Gasteiger partial charge in [-0.25, -0.2) is 0 Å². The SMILES string of the molecule is Oc1ccc2scc(Cl)c2c1O. The maximum absolute atomic E-state index is 9.40. The molecule has 0 amide bonds. The number of phenols is 2. The minimum Gasteiger partial charge on any atom is -0.504 e. The van der Waals surface area contributed by atoms with Gasteiger partial charge in [0.15, 0.2) is 11.5 Å². The highest BCUT2D eigenvalue weighted by atomic mass is 35.5. The van der Waals surface area contributed by atoms with Gasteiger partial charge in [-0.1, -0.05) is 11.6 Å². The van der Waals surface area contributed by atoms with Gasteiger partial charge >= 0.3 is 0 Å². The van der Waals surface area contributed by atoms with E-state index in [4.69, 9.17) is 16.7 Å². The van der Waals surface area contributed by atoms with Crippen LogP contribution in [0.15, 0.2) is 17.5 Å². The minimum atomic E-state index is -0.140. The van der Waals surface area contributed by atoms with Crippen molar-refractivity contribution in [2.24, 2.45) is 0 Å². The molecule has 4 heteroatoms. The minimum absolute atomic E-state index is 0.136. The second-order valence-electron chi connectivity index (χ2n) is 2.39. The third kappa shape index (κ3) is 0.940. The van der Waals surface area contributed by atoms with Crippen molar-refractivity contribution >= 4 is 33.0 Å². The zero-order valence-electron chi connectivity index (χ0n) is 5.91. The molecule has 1 aromatic carbocycles. The summed E-state index contributed by atoms with van der Waals surface area (Å²) in [6.45, 7) is 0. The molecule has 2 nitrogen and oxygen atoms in total. The first kappa shape index (κ1) is 7.71. The molecular weight excluding hydrogens is 196 g/mol. The van der Waals surface area contributed by atoms with Crippen LogP contribution < -0.4 is 0 Å². The number of hydrogen-bond donors (Lipinski definition) is 2. The molecule has 1 heterocycles. The molecule has 62 valence electrons. The van der Waals surface area contributed by atoms with Gasteiger partial charge in [0.1, 0.15) is 0 Å². The molecule has 2 rings (SSSR count). The van der Waals surface area contributed by atoms with Crippen LogP contribution >= 0.6 is 22.9 Å². The van der Waals surface area contributed by atoms with Crippen LogP contribution in [0.4, 0.5) is 0 Å².